The van der Waals surface area contributed by atoms with Gasteiger partial charge >= 0.3 is 0 Å². The van der Waals surface area contributed by atoms with E-state index in [1.807, 2.05) is 20.8 Å². The predicted molar refractivity (Wildman–Crippen MR) is 65.2 cm³/mol. The Balaban J connectivity index is 2.37. The zero-order chi connectivity index (χ0) is 12.6. The Bertz CT molecular complexity index is 398. The van der Waals surface area contributed by atoms with Crippen LogP contribution in [0.4, 0.5) is 14.5 Å². The molecular weight excluding hydrogens is 222 g/mol. The van der Waals surface area contributed by atoms with Crippen LogP contribution in [0.25, 0.3) is 0 Å². The van der Waals surface area contributed by atoms with Crippen LogP contribution in [-0.2, 0) is 0 Å². The second-order valence-electron chi connectivity index (χ2n) is 5.31. The van der Waals surface area contributed by atoms with Crippen LogP contribution < -0.4 is 10.2 Å². The minimum absolute atomic E-state index is 0.0782. The SMILES string of the molecule is CC1CNC(C)(C)CN1c1c(F)cccc1F. The molecule has 0 aromatic heterocycles. The highest BCUT2D eigenvalue weighted by Crippen LogP contribution is 2.28. The predicted octanol–water partition coefficient (Wildman–Crippen LogP) is 2.54. The van der Waals surface area contributed by atoms with Crippen LogP contribution in [0.5, 0.6) is 0 Å². The minimum atomic E-state index is -0.491. The molecule has 4 heteroatoms. The Morgan fingerprint density at radius 1 is 1.29 bits per heavy atom. The van der Waals surface area contributed by atoms with Gasteiger partial charge in [0.15, 0.2) is 0 Å². The zero-order valence-electron chi connectivity index (χ0n) is 10.4. The van der Waals surface area contributed by atoms with Crippen molar-refractivity contribution in [2.45, 2.75) is 32.4 Å². The third-order valence-corrected chi connectivity index (χ3v) is 3.20. The molecule has 1 fully saturated rings. The molecule has 0 spiro atoms. The van der Waals surface area contributed by atoms with Crippen molar-refractivity contribution in [2.24, 2.45) is 0 Å². The molecule has 0 bridgehead atoms. The Kier molecular flexibility index (Phi) is 3.08. The summed E-state index contributed by atoms with van der Waals surface area (Å²) >= 11 is 0. The third kappa shape index (κ3) is 2.41. The Morgan fingerprint density at radius 3 is 2.47 bits per heavy atom. The van der Waals surface area contributed by atoms with Gasteiger partial charge in [0.1, 0.15) is 17.3 Å². The molecule has 1 aromatic rings. The first kappa shape index (κ1) is 12.3. The topological polar surface area (TPSA) is 15.3 Å². The number of para-hydroxylation sites is 1. The molecule has 1 heterocycles. The molecule has 1 atom stereocenters. The van der Waals surface area contributed by atoms with Gasteiger partial charge in [-0.3, -0.25) is 0 Å². The molecule has 94 valence electrons. The van der Waals surface area contributed by atoms with Crippen molar-refractivity contribution in [2.75, 3.05) is 18.0 Å². The van der Waals surface area contributed by atoms with Crippen LogP contribution in [0.3, 0.4) is 0 Å². The highest BCUT2D eigenvalue weighted by molar-refractivity contribution is 5.51. The summed E-state index contributed by atoms with van der Waals surface area (Å²) in [6, 6.07) is 4.08. The molecule has 1 saturated heterocycles. The normalized spacial score (nSPS) is 23.8. The standard InChI is InChI=1S/C13H18F2N2/c1-9-7-16-13(2,3)8-17(9)12-10(14)5-4-6-11(12)15/h4-6,9,16H,7-8H2,1-3H3. The van der Waals surface area contributed by atoms with E-state index >= 15 is 0 Å². The number of hydrogen-bond acceptors (Lipinski definition) is 2. The van der Waals surface area contributed by atoms with E-state index < -0.39 is 11.6 Å². The van der Waals surface area contributed by atoms with E-state index in [0.29, 0.717) is 6.54 Å². The van der Waals surface area contributed by atoms with Crippen molar-refractivity contribution < 1.29 is 8.78 Å². The number of halogens is 2. The van der Waals surface area contributed by atoms with Gasteiger partial charge in [-0.1, -0.05) is 6.07 Å². The first-order chi connectivity index (χ1) is 7.91. The largest absolute Gasteiger partial charge is 0.361 e. The van der Waals surface area contributed by atoms with E-state index in [1.54, 1.807) is 4.90 Å². The molecule has 1 unspecified atom stereocenters. The van der Waals surface area contributed by atoms with Gasteiger partial charge in [-0.15, -0.1) is 0 Å². The summed E-state index contributed by atoms with van der Waals surface area (Å²) in [6.45, 7) is 7.34. The number of benzene rings is 1. The lowest BCUT2D eigenvalue weighted by molar-refractivity contribution is 0.314. The number of nitrogens with one attached hydrogen (secondary N) is 1. The van der Waals surface area contributed by atoms with E-state index in [0.717, 1.165) is 6.54 Å². The monoisotopic (exact) mass is 240 g/mol. The van der Waals surface area contributed by atoms with Crippen molar-refractivity contribution in [3.8, 4) is 0 Å². The maximum atomic E-state index is 13.8. The second kappa shape index (κ2) is 4.26. The Morgan fingerprint density at radius 2 is 1.88 bits per heavy atom. The highest BCUT2D eigenvalue weighted by Gasteiger charge is 2.32. The van der Waals surface area contributed by atoms with E-state index in [9.17, 15) is 8.78 Å². The maximum Gasteiger partial charge on any atom is 0.149 e. The fourth-order valence-electron chi connectivity index (χ4n) is 2.23. The van der Waals surface area contributed by atoms with Gasteiger partial charge in [-0.05, 0) is 32.9 Å². The fourth-order valence-corrected chi connectivity index (χ4v) is 2.23. The van der Waals surface area contributed by atoms with E-state index in [2.05, 4.69) is 5.32 Å². The number of hydrogen-bond donors (Lipinski definition) is 1. The lowest BCUT2D eigenvalue weighted by Gasteiger charge is -2.44. The molecule has 1 aromatic carbocycles. The third-order valence-electron chi connectivity index (χ3n) is 3.20. The van der Waals surface area contributed by atoms with Crippen LogP contribution >= 0.6 is 0 Å². The molecule has 1 aliphatic heterocycles. The van der Waals surface area contributed by atoms with Crippen molar-refractivity contribution in [1.29, 1.82) is 0 Å². The zero-order valence-corrected chi connectivity index (χ0v) is 10.4. The van der Waals surface area contributed by atoms with Gasteiger partial charge < -0.3 is 10.2 Å². The van der Waals surface area contributed by atoms with Gasteiger partial charge in [0, 0.05) is 24.7 Å². The molecule has 17 heavy (non-hydrogen) atoms. The summed E-state index contributed by atoms with van der Waals surface area (Å²) in [6.07, 6.45) is 0. The number of piperazine rings is 1. The van der Waals surface area contributed by atoms with Gasteiger partial charge in [0.2, 0.25) is 0 Å². The van der Waals surface area contributed by atoms with Crippen LogP contribution in [0.15, 0.2) is 18.2 Å². The Hall–Kier alpha value is -1.16. The van der Waals surface area contributed by atoms with E-state index in [4.69, 9.17) is 0 Å². The van der Waals surface area contributed by atoms with Crippen molar-refractivity contribution in [3.63, 3.8) is 0 Å². The van der Waals surface area contributed by atoms with E-state index in [-0.39, 0.29) is 17.3 Å². The molecule has 1 N–H and O–H groups in total. The fraction of sp³-hybridized carbons (Fsp3) is 0.538. The maximum absolute atomic E-state index is 13.8. The minimum Gasteiger partial charge on any atom is -0.361 e. The van der Waals surface area contributed by atoms with E-state index in [1.165, 1.54) is 18.2 Å². The van der Waals surface area contributed by atoms with Crippen LogP contribution in [0, 0.1) is 11.6 Å². The van der Waals surface area contributed by atoms with Crippen molar-refractivity contribution >= 4 is 5.69 Å². The molecular formula is C13H18F2N2. The van der Waals surface area contributed by atoms with Crippen LogP contribution in [-0.4, -0.2) is 24.7 Å². The summed E-state index contributed by atoms with van der Waals surface area (Å²) in [5.41, 5.74) is -0.0455. The molecule has 1 aliphatic rings. The molecule has 0 saturated carbocycles. The average molecular weight is 240 g/mol. The molecule has 0 amide bonds. The summed E-state index contributed by atoms with van der Waals surface area (Å²) in [5.74, 6) is -0.982. The van der Waals surface area contributed by atoms with Crippen LogP contribution in [0.1, 0.15) is 20.8 Å². The summed E-state index contributed by atoms with van der Waals surface area (Å²) < 4.78 is 27.5. The summed E-state index contributed by atoms with van der Waals surface area (Å²) in [7, 11) is 0. The molecule has 2 rings (SSSR count). The van der Waals surface area contributed by atoms with Gasteiger partial charge in [-0.2, -0.15) is 0 Å². The lowest BCUT2D eigenvalue weighted by atomic mass is 9.98. The first-order valence-corrected chi connectivity index (χ1v) is 5.86. The number of rotatable bonds is 1. The Labute approximate surface area is 101 Å². The highest BCUT2D eigenvalue weighted by atomic mass is 19.1. The van der Waals surface area contributed by atoms with Gasteiger partial charge in [-0.25, -0.2) is 8.78 Å². The van der Waals surface area contributed by atoms with Crippen molar-refractivity contribution in [3.05, 3.63) is 29.8 Å². The van der Waals surface area contributed by atoms with Gasteiger partial charge in [0.25, 0.3) is 0 Å². The summed E-state index contributed by atoms with van der Waals surface area (Å²) in [4.78, 5) is 1.81. The van der Waals surface area contributed by atoms with Crippen LogP contribution in [0.2, 0.25) is 0 Å². The first-order valence-electron chi connectivity index (χ1n) is 5.86. The number of anilines is 1. The molecule has 2 nitrogen and oxygen atoms in total. The average Bonchev–Trinajstić information content (AvgIpc) is 2.23. The molecule has 0 aliphatic carbocycles. The number of nitrogens with zero attached hydrogens (tertiary/aromatic N) is 1. The molecule has 0 radical (unpaired) electrons. The lowest BCUT2D eigenvalue weighted by Crippen LogP contribution is -2.61. The van der Waals surface area contributed by atoms with Crippen molar-refractivity contribution in [1.82, 2.24) is 5.32 Å². The smallest absolute Gasteiger partial charge is 0.149 e. The quantitative estimate of drug-likeness (QED) is 0.811. The summed E-state index contributed by atoms with van der Waals surface area (Å²) in [5, 5.41) is 3.36. The van der Waals surface area contributed by atoms with Gasteiger partial charge in [0.05, 0.1) is 0 Å². The second-order valence-corrected chi connectivity index (χ2v) is 5.31.